The maximum atomic E-state index is 13.7. The van der Waals surface area contributed by atoms with Crippen molar-refractivity contribution in [3.8, 4) is 17.0 Å². The van der Waals surface area contributed by atoms with Crippen LogP contribution in [0.5, 0.6) is 5.75 Å². The number of rotatable bonds is 8. The van der Waals surface area contributed by atoms with Gasteiger partial charge in [-0.2, -0.15) is 21.6 Å². The third kappa shape index (κ3) is 6.99. The number of piperidine rings is 1. The quantitative estimate of drug-likeness (QED) is 0.0824. The number of hydrogen-bond acceptors (Lipinski definition) is 9. The van der Waals surface area contributed by atoms with Crippen LogP contribution in [0.4, 0.5) is 24.7 Å². The molecule has 5 rings (SSSR count). The SMILES string of the molecule is Cc1cc([C@@H](C)Nc2ccc(Cl)nc2-c2cc(Cl)c(OS(=O)(=O)C(F)(F)F)c(C=O)c2)c2oc(N3CCC(C)(C)CC3)c(C)c(=O)c2c1. The van der Waals surface area contributed by atoms with Crippen molar-refractivity contribution >= 4 is 62.1 Å². The number of benzene rings is 2. The highest BCUT2D eigenvalue weighted by molar-refractivity contribution is 7.88. The molecule has 15 heteroatoms. The highest BCUT2D eigenvalue weighted by atomic mass is 35.5. The molecule has 0 saturated carbocycles. The van der Waals surface area contributed by atoms with Crippen molar-refractivity contribution in [3.05, 3.63) is 79.1 Å². The van der Waals surface area contributed by atoms with Gasteiger partial charge in [0.15, 0.2) is 17.5 Å². The fourth-order valence-corrected chi connectivity index (χ4v) is 6.62. The number of fused-ring (bicyclic) bond motifs is 1. The van der Waals surface area contributed by atoms with Crippen LogP contribution >= 0.6 is 23.2 Å². The van der Waals surface area contributed by atoms with E-state index >= 15 is 0 Å². The molecule has 1 aliphatic heterocycles. The molecular weight excluding hydrogens is 694 g/mol. The molecule has 3 heterocycles. The minimum absolute atomic E-state index is 0.0452. The van der Waals surface area contributed by atoms with E-state index < -0.39 is 38.0 Å². The van der Waals surface area contributed by atoms with Crippen molar-refractivity contribution in [3.63, 3.8) is 0 Å². The van der Waals surface area contributed by atoms with E-state index in [1.165, 1.54) is 6.07 Å². The first kappa shape index (κ1) is 35.5. The molecule has 256 valence electrons. The number of aromatic nitrogens is 1. The van der Waals surface area contributed by atoms with Crippen molar-refractivity contribution in [2.45, 2.75) is 59.0 Å². The molecule has 1 saturated heterocycles. The van der Waals surface area contributed by atoms with Gasteiger partial charge in [-0.15, -0.1) is 0 Å². The van der Waals surface area contributed by atoms with Gasteiger partial charge in [0.1, 0.15) is 10.7 Å². The second-order valence-electron chi connectivity index (χ2n) is 12.6. The van der Waals surface area contributed by atoms with Gasteiger partial charge in [-0.05, 0) is 74.9 Å². The Balaban J connectivity index is 1.57. The van der Waals surface area contributed by atoms with Crippen molar-refractivity contribution < 1.29 is 35.0 Å². The van der Waals surface area contributed by atoms with Crippen molar-refractivity contribution in [2.75, 3.05) is 23.3 Å². The standard InChI is InChI=1S/C33H32Cl2F3N3O6S/c1-17-12-22(30-23(13-17)28(43)18(2)31(46-30)41-10-8-32(4,5)9-11-41)19(3)39-25-6-7-26(35)40-27(25)20-14-21(16-42)29(24(34)15-20)47-48(44,45)33(36,37)38/h6-7,12-16,19,39H,8-11H2,1-5H3/t19-/m1/s1. The summed E-state index contributed by atoms with van der Waals surface area (Å²) in [7, 11) is -6.11. The van der Waals surface area contributed by atoms with Crippen LogP contribution in [-0.4, -0.2) is 38.3 Å². The van der Waals surface area contributed by atoms with E-state index in [1.54, 1.807) is 19.1 Å². The van der Waals surface area contributed by atoms with Crippen LogP contribution in [0, 0.1) is 19.3 Å². The summed E-state index contributed by atoms with van der Waals surface area (Å²) in [6.07, 6.45) is 2.00. The van der Waals surface area contributed by atoms with Crippen molar-refractivity contribution in [2.24, 2.45) is 5.41 Å². The zero-order valence-electron chi connectivity index (χ0n) is 26.6. The lowest BCUT2D eigenvalue weighted by Crippen LogP contribution is -2.38. The number of halogens is 5. The second-order valence-corrected chi connectivity index (χ2v) is 14.9. The molecule has 1 fully saturated rings. The van der Waals surface area contributed by atoms with Crippen LogP contribution in [0.15, 0.2) is 45.6 Å². The Morgan fingerprint density at radius 3 is 2.40 bits per heavy atom. The fourth-order valence-electron chi connectivity index (χ4n) is 5.66. The zero-order chi connectivity index (χ0) is 35.3. The van der Waals surface area contributed by atoms with Gasteiger partial charge in [0.2, 0.25) is 5.88 Å². The molecular formula is C33H32Cl2F3N3O6S. The molecule has 0 radical (unpaired) electrons. The predicted molar refractivity (Wildman–Crippen MR) is 180 cm³/mol. The topological polar surface area (TPSA) is 119 Å². The highest BCUT2D eigenvalue weighted by Crippen LogP contribution is 2.40. The summed E-state index contributed by atoms with van der Waals surface area (Å²) >= 11 is 12.4. The van der Waals surface area contributed by atoms with Crippen LogP contribution < -0.4 is 19.8 Å². The van der Waals surface area contributed by atoms with Crippen LogP contribution in [0.3, 0.4) is 0 Å². The fraction of sp³-hybridized carbons (Fsp3) is 0.364. The molecule has 0 unspecified atom stereocenters. The van der Waals surface area contributed by atoms with Gasteiger partial charge in [0.05, 0.1) is 39.0 Å². The molecule has 2 aromatic heterocycles. The Morgan fingerprint density at radius 1 is 1.10 bits per heavy atom. The molecule has 4 aromatic rings. The zero-order valence-corrected chi connectivity index (χ0v) is 28.9. The van der Waals surface area contributed by atoms with E-state index in [4.69, 9.17) is 27.6 Å². The number of carbonyl (C=O) groups is 1. The minimum atomic E-state index is -6.11. The van der Waals surface area contributed by atoms with Gasteiger partial charge in [0.25, 0.3) is 0 Å². The molecule has 0 aliphatic carbocycles. The highest BCUT2D eigenvalue weighted by Gasteiger charge is 2.49. The monoisotopic (exact) mass is 725 g/mol. The number of anilines is 2. The summed E-state index contributed by atoms with van der Waals surface area (Å²) in [5.41, 5.74) is -3.16. The average Bonchev–Trinajstić information content (AvgIpc) is 3.00. The molecule has 0 bridgehead atoms. The van der Waals surface area contributed by atoms with E-state index in [1.807, 2.05) is 19.9 Å². The number of nitrogens with one attached hydrogen (secondary N) is 1. The van der Waals surface area contributed by atoms with Gasteiger partial charge in [-0.25, -0.2) is 4.98 Å². The Morgan fingerprint density at radius 2 is 1.77 bits per heavy atom. The summed E-state index contributed by atoms with van der Waals surface area (Å²) in [6, 6.07) is 8.49. The maximum absolute atomic E-state index is 13.7. The van der Waals surface area contributed by atoms with E-state index in [0.717, 1.165) is 43.6 Å². The van der Waals surface area contributed by atoms with Gasteiger partial charge in [-0.1, -0.05) is 43.1 Å². The molecule has 1 atom stereocenters. The molecule has 0 spiro atoms. The summed E-state index contributed by atoms with van der Waals surface area (Å²) in [6.45, 7) is 11.4. The minimum Gasteiger partial charge on any atom is -0.440 e. The van der Waals surface area contributed by atoms with Gasteiger partial charge in [0, 0.05) is 24.2 Å². The Kier molecular flexibility index (Phi) is 9.54. The number of carbonyl (C=O) groups excluding carboxylic acids is 1. The first-order valence-electron chi connectivity index (χ1n) is 14.9. The van der Waals surface area contributed by atoms with Crippen molar-refractivity contribution in [1.82, 2.24) is 4.98 Å². The normalized spacial score (nSPS) is 15.8. The molecule has 2 aromatic carbocycles. The smallest absolute Gasteiger partial charge is 0.440 e. The molecule has 9 nitrogen and oxygen atoms in total. The third-order valence-electron chi connectivity index (χ3n) is 8.42. The van der Waals surface area contributed by atoms with Crippen LogP contribution in [0.25, 0.3) is 22.2 Å². The first-order valence-corrected chi connectivity index (χ1v) is 17.0. The molecule has 48 heavy (non-hydrogen) atoms. The molecule has 1 aliphatic rings. The van der Waals surface area contributed by atoms with E-state index in [0.29, 0.717) is 33.7 Å². The lowest BCUT2D eigenvalue weighted by atomic mass is 9.82. The molecule has 1 N–H and O–H groups in total. The number of hydrogen-bond donors (Lipinski definition) is 1. The Labute approximate surface area is 285 Å². The third-order valence-corrected chi connectivity index (χ3v) is 9.86. The first-order chi connectivity index (χ1) is 22.3. The van der Waals surface area contributed by atoms with Gasteiger partial charge < -0.3 is 18.8 Å². The van der Waals surface area contributed by atoms with Gasteiger partial charge in [-0.3, -0.25) is 9.59 Å². The number of alkyl halides is 3. The average molecular weight is 727 g/mol. The maximum Gasteiger partial charge on any atom is 0.534 e. The van der Waals surface area contributed by atoms with Crippen LogP contribution in [0.1, 0.15) is 66.7 Å². The Hall–Kier alpha value is -3.81. The summed E-state index contributed by atoms with van der Waals surface area (Å²) in [5.74, 6) is -0.456. The molecule has 0 amide bonds. The van der Waals surface area contributed by atoms with Crippen molar-refractivity contribution in [1.29, 1.82) is 0 Å². The Bertz CT molecular complexity index is 2090. The predicted octanol–water partition coefficient (Wildman–Crippen LogP) is 8.62. The van der Waals surface area contributed by atoms with Gasteiger partial charge >= 0.3 is 15.6 Å². The summed E-state index contributed by atoms with van der Waals surface area (Å²) in [5, 5.41) is 3.23. The summed E-state index contributed by atoms with van der Waals surface area (Å²) in [4.78, 5) is 32.0. The van der Waals surface area contributed by atoms with Crippen LogP contribution in [0.2, 0.25) is 10.2 Å². The number of aldehydes is 1. The number of nitrogens with zero attached hydrogens (tertiary/aromatic N) is 2. The van der Waals surface area contributed by atoms with Crippen LogP contribution in [-0.2, 0) is 10.1 Å². The van der Waals surface area contributed by atoms with E-state index in [-0.39, 0.29) is 33.5 Å². The summed E-state index contributed by atoms with van der Waals surface area (Å²) < 4.78 is 73.0. The number of aryl methyl sites for hydroxylation is 1. The van der Waals surface area contributed by atoms with E-state index in [2.05, 4.69) is 33.2 Å². The lowest BCUT2D eigenvalue weighted by Gasteiger charge is -2.37. The largest absolute Gasteiger partial charge is 0.534 e. The lowest BCUT2D eigenvalue weighted by molar-refractivity contribution is -0.0500. The second kappa shape index (κ2) is 12.9. The van der Waals surface area contributed by atoms with E-state index in [9.17, 15) is 31.2 Å². The number of pyridine rings is 1.